The Hall–Kier alpha value is -1.56. The van der Waals surface area contributed by atoms with E-state index in [9.17, 15) is 4.79 Å². The van der Waals surface area contributed by atoms with E-state index in [4.69, 9.17) is 21.8 Å². The number of hydrogen-bond acceptors (Lipinski definition) is 4. The zero-order valence-corrected chi connectivity index (χ0v) is 14.0. The molecule has 3 N–H and O–H groups in total. The summed E-state index contributed by atoms with van der Waals surface area (Å²) in [4.78, 5) is 15.9. The molecule has 120 valence electrons. The highest BCUT2D eigenvalue weighted by Crippen LogP contribution is 2.25. The molecular weight excluding hydrogens is 325 g/mol. The molecule has 0 radical (unpaired) electrons. The van der Waals surface area contributed by atoms with Crippen LogP contribution in [0.3, 0.4) is 0 Å². The van der Waals surface area contributed by atoms with Gasteiger partial charge < -0.3 is 15.5 Å². The van der Waals surface area contributed by atoms with Crippen molar-refractivity contribution in [2.24, 2.45) is 5.73 Å². The summed E-state index contributed by atoms with van der Waals surface area (Å²) in [5, 5.41) is 3.40. The summed E-state index contributed by atoms with van der Waals surface area (Å²) in [5.74, 6) is 1.03. The second-order valence-electron chi connectivity index (χ2n) is 4.99. The third-order valence-electron chi connectivity index (χ3n) is 2.89. The van der Waals surface area contributed by atoms with Gasteiger partial charge in [-0.05, 0) is 38.1 Å². The number of carbonyl (C=O) groups excluding carboxylic acids is 1. The van der Waals surface area contributed by atoms with Crippen molar-refractivity contribution in [2.45, 2.75) is 32.9 Å². The van der Waals surface area contributed by atoms with Gasteiger partial charge in [0.1, 0.15) is 0 Å². The van der Waals surface area contributed by atoms with Gasteiger partial charge in [0.05, 0.1) is 12.2 Å². The summed E-state index contributed by atoms with van der Waals surface area (Å²) < 4.78 is 5.70. The molecule has 0 bridgehead atoms. The maximum Gasteiger partial charge on any atom is 0.221 e. The van der Waals surface area contributed by atoms with Gasteiger partial charge in [0, 0.05) is 23.0 Å². The normalized spacial score (nSPS) is 11.6. The smallest absolute Gasteiger partial charge is 0.221 e. The van der Waals surface area contributed by atoms with Crippen molar-refractivity contribution in [2.75, 3.05) is 0 Å². The average Bonchev–Trinajstić information content (AvgIpc) is 2.78. The van der Waals surface area contributed by atoms with Gasteiger partial charge in [0.2, 0.25) is 11.8 Å². The summed E-state index contributed by atoms with van der Waals surface area (Å²) in [6.45, 7) is 3.90. The van der Waals surface area contributed by atoms with Crippen LogP contribution >= 0.6 is 24.0 Å². The molecule has 0 saturated carbocycles. The van der Waals surface area contributed by atoms with Crippen molar-refractivity contribution < 1.29 is 9.21 Å². The summed E-state index contributed by atoms with van der Waals surface area (Å²) >= 11 is 5.87. The predicted molar refractivity (Wildman–Crippen MR) is 89.0 cm³/mol. The average molecular weight is 344 g/mol. The van der Waals surface area contributed by atoms with Crippen molar-refractivity contribution in [3.05, 3.63) is 40.9 Å². The number of aromatic nitrogens is 1. The zero-order valence-electron chi connectivity index (χ0n) is 12.4. The second-order valence-corrected chi connectivity index (χ2v) is 5.42. The number of rotatable bonds is 5. The lowest BCUT2D eigenvalue weighted by Gasteiger charge is -2.04. The number of nitrogens with zero attached hydrogens (tertiary/aromatic N) is 1. The van der Waals surface area contributed by atoms with Crippen LogP contribution in [0.5, 0.6) is 0 Å². The lowest BCUT2D eigenvalue weighted by atomic mass is 10.1. The maximum atomic E-state index is 11.6. The standard InChI is InChI=1S/C15H18ClN3O2.ClH/c1-9(17)7-13(20)18-8-14-19-10(2)15(21-14)11-3-5-12(16)6-4-11;/h3-6,9H,7-8,17H2,1-2H3,(H,18,20);1H. The quantitative estimate of drug-likeness (QED) is 0.873. The lowest BCUT2D eigenvalue weighted by molar-refractivity contribution is -0.121. The van der Waals surface area contributed by atoms with Crippen LogP contribution in [0.25, 0.3) is 11.3 Å². The molecule has 5 nitrogen and oxygen atoms in total. The molecule has 0 aliphatic heterocycles. The van der Waals surface area contributed by atoms with Crippen LogP contribution in [-0.2, 0) is 11.3 Å². The van der Waals surface area contributed by atoms with E-state index in [0.29, 0.717) is 16.7 Å². The topological polar surface area (TPSA) is 81.2 Å². The molecule has 1 unspecified atom stereocenters. The predicted octanol–water partition coefficient (Wildman–Crippen LogP) is 3.08. The Bertz CT molecular complexity index is 624. The molecule has 1 heterocycles. The van der Waals surface area contributed by atoms with E-state index in [1.165, 1.54) is 0 Å². The Morgan fingerprint density at radius 1 is 1.41 bits per heavy atom. The fraction of sp³-hybridized carbons (Fsp3) is 0.333. The van der Waals surface area contributed by atoms with Crippen LogP contribution < -0.4 is 11.1 Å². The van der Waals surface area contributed by atoms with Crippen LogP contribution in [-0.4, -0.2) is 16.9 Å². The minimum absolute atomic E-state index is 0. The van der Waals surface area contributed by atoms with Crippen molar-refractivity contribution in [1.29, 1.82) is 0 Å². The maximum absolute atomic E-state index is 11.6. The van der Waals surface area contributed by atoms with Crippen molar-refractivity contribution in [3.63, 3.8) is 0 Å². The molecule has 1 aromatic carbocycles. The van der Waals surface area contributed by atoms with Crippen LogP contribution in [0.4, 0.5) is 0 Å². The van der Waals surface area contributed by atoms with Gasteiger partial charge in [0.25, 0.3) is 0 Å². The van der Waals surface area contributed by atoms with Gasteiger partial charge in [-0.3, -0.25) is 4.79 Å². The Morgan fingerprint density at radius 2 is 2.05 bits per heavy atom. The number of nitrogens with one attached hydrogen (secondary N) is 1. The van der Waals surface area contributed by atoms with E-state index < -0.39 is 0 Å². The number of oxazole rings is 1. The van der Waals surface area contributed by atoms with Gasteiger partial charge >= 0.3 is 0 Å². The third kappa shape index (κ3) is 5.02. The lowest BCUT2D eigenvalue weighted by Crippen LogP contribution is -2.29. The molecule has 22 heavy (non-hydrogen) atoms. The first-order valence-corrected chi connectivity index (χ1v) is 7.08. The van der Waals surface area contributed by atoms with Gasteiger partial charge in [-0.1, -0.05) is 11.6 Å². The van der Waals surface area contributed by atoms with E-state index >= 15 is 0 Å². The molecule has 0 spiro atoms. The number of nitrogens with two attached hydrogens (primary N) is 1. The second kappa shape index (κ2) is 8.17. The highest BCUT2D eigenvalue weighted by molar-refractivity contribution is 6.30. The summed E-state index contributed by atoms with van der Waals surface area (Å²) in [5.41, 5.74) is 7.24. The molecule has 0 aliphatic carbocycles. The summed E-state index contributed by atoms with van der Waals surface area (Å²) in [6, 6.07) is 7.16. The SMILES string of the molecule is Cc1nc(CNC(=O)CC(C)N)oc1-c1ccc(Cl)cc1.Cl. The third-order valence-corrected chi connectivity index (χ3v) is 3.14. The van der Waals surface area contributed by atoms with Crippen LogP contribution in [0.15, 0.2) is 28.7 Å². The van der Waals surface area contributed by atoms with Gasteiger partial charge in [-0.2, -0.15) is 0 Å². The van der Waals surface area contributed by atoms with Crippen molar-refractivity contribution >= 4 is 29.9 Å². The van der Waals surface area contributed by atoms with Crippen LogP contribution in [0.2, 0.25) is 5.02 Å². The number of aryl methyl sites for hydroxylation is 1. The molecule has 0 aliphatic rings. The fourth-order valence-corrected chi connectivity index (χ4v) is 2.06. The molecule has 1 amide bonds. The monoisotopic (exact) mass is 343 g/mol. The van der Waals surface area contributed by atoms with Crippen LogP contribution in [0, 0.1) is 6.92 Å². The number of halogens is 2. The molecule has 2 rings (SSSR count). The Balaban J connectivity index is 0.00000242. The molecular formula is C15H19Cl2N3O2. The fourth-order valence-electron chi connectivity index (χ4n) is 1.94. The molecule has 0 fully saturated rings. The van der Waals surface area contributed by atoms with E-state index in [1.807, 2.05) is 19.1 Å². The minimum atomic E-state index is -0.166. The van der Waals surface area contributed by atoms with Gasteiger partial charge in [-0.25, -0.2) is 4.98 Å². The molecule has 2 aromatic rings. The molecule has 1 atom stereocenters. The van der Waals surface area contributed by atoms with Gasteiger partial charge in [-0.15, -0.1) is 12.4 Å². The molecule has 0 saturated heterocycles. The first-order valence-electron chi connectivity index (χ1n) is 6.70. The summed E-state index contributed by atoms with van der Waals surface area (Å²) in [6.07, 6.45) is 0.281. The van der Waals surface area contributed by atoms with E-state index in [1.54, 1.807) is 19.1 Å². The number of amides is 1. The molecule has 7 heteroatoms. The first-order chi connectivity index (χ1) is 9.95. The van der Waals surface area contributed by atoms with Crippen LogP contribution in [0.1, 0.15) is 24.9 Å². The summed E-state index contributed by atoms with van der Waals surface area (Å²) in [7, 11) is 0. The Kier molecular flexibility index (Phi) is 6.87. The number of benzene rings is 1. The number of carbonyl (C=O) groups is 1. The van der Waals surface area contributed by atoms with E-state index in [2.05, 4.69) is 10.3 Å². The highest BCUT2D eigenvalue weighted by atomic mass is 35.5. The molecule has 1 aromatic heterocycles. The first kappa shape index (κ1) is 18.5. The zero-order chi connectivity index (χ0) is 15.4. The van der Waals surface area contributed by atoms with Crippen molar-refractivity contribution in [1.82, 2.24) is 10.3 Å². The van der Waals surface area contributed by atoms with E-state index in [0.717, 1.165) is 11.3 Å². The number of hydrogen-bond donors (Lipinski definition) is 2. The van der Waals surface area contributed by atoms with Crippen molar-refractivity contribution in [3.8, 4) is 11.3 Å². The largest absolute Gasteiger partial charge is 0.438 e. The van der Waals surface area contributed by atoms with Gasteiger partial charge in [0.15, 0.2) is 5.76 Å². The Labute approximate surface area is 140 Å². The Morgan fingerprint density at radius 3 is 2.64 bits per heavy atom. The highest BCUT2D eigenvalue weighted by Gasteiger charge is 2.13. The minimum Gasteiger partial charge on any atom is -0.438 e. The van der Waals surface area contributed by atoms with E-state index in [-0.39, 0.29) is 37.3 Å².